The first-order valence-corrected chi connectivity index (χ1v) is 8.83. The second-order valence-corrected chi connectivity index (χ2v) is 7.94. The van der Waals surface area contributed by atoms with Crippen LogP contribution in [-0.2, 0) is 27.5 Å². The molecule has 0 amide bonds. The lowest BCUT2D eigenvalue weighted by atomic mass is 10.4. The van der Waals surface area contributed by atoms with E-state index in [4.69, 9.17) is 4.74 Å². The van der Waals surface area contributed by atoms with Crippen molar-refractivity contribution in [1.82, 2.24) is 15.0 Å². The molecule has 0 saturated heterocycles. The summed E-state index contributed by atoms with van der Waals surface area (Å²) in [6.07, 6.45) is -3.56. The van der Waals surface area contributed by atoms with Gasteiger partial charge in [-0.1, -0.05) is 0 Å². The van der Waals surface area contributed by atoms with E-state index in [1.165, 1.54) is 20.1 Å². The average Bonchev–Trinajstić information content (AvgIpc) is 2.78. The first-order valence-electron chi connectivity index (χ1n) is 6.19. The van der Waals surface area contributed by atoms with Crippen molar-refractivity contribution in [2.24, 2.45) is 0 Å². The van der Waals surface area contributed by atoms with Crippen LogP contribution in [0.2, 0.25) is 0 Å². The molecular weight excluding hydrogens is 355 g/mol. The average molecular weight is 367 g/mol. The third-order valence-corrected chi connectivity index (χ3v) is 5.32. The topological polar surface area (TPSA) is 82.0 Å². The van der Waals surface area contributed by atoms with Gasteiger partial charge in [0.2, 0.25) is 5.88 Å². The van der Waals surface area contributed by atoms with Crippen LogP contribution in [-0.4, -0.2) is 30.5 Å². The number of nitrogens with zero attached hydrogens (tertiary/aromatic N) is 3. The monoisotopic (exact) mass is 367 g/mol. The van der Waals surface area contributed by atoms with Crippen molar-refractivity contribution in [1.29, 1.82) is 0 Å². The lowest BCUT2D eigenvalue weighted by Gasteiger charge is -2.07. The lowest BCUT2D eigenvalue weighted by Crippen LogP contribution is -2.13. The highest BCUT2D eigenvalue weighted by atomic mass is 32.2. The summed E-state index contributed by atoms with van der Waals surface area (Å²) in [7, 11) is -2.50. The predicted octanol–water partition coefficient (Wildman–Crippen LogP) is 2.38. The quantitative estimate of drug-likeness (QED) is 0.807. The molecule has 0 aliphatic heterocycles. The molecule has 0 saturated carbocycles. The molecule has 126 valence electrons. The molecule has 0 N–H and O–H groups in total. The molecule has 2 heterocycles. The van der Waals surface area contributed by atoms with Crippen molar-refractivity contribution >= 4 is 21.2 Å². The highest BCUT2D eigenvalue weighted by Gasteiger charge is 2.38. The minimum absolute atomic E-state index is 0.145. The fourth-order valence-corrected chi connectivity index (χ4v) is 4.60. The number of methoxy groups -OCH3 is 1. The van der Waals surface area contributed by atoms with E-state index in [0.29, 0.717) is 0 Å². The fourth-order valence-electron chi connectivity index (χ4n) is 1.83. The molecule has 0 spiro atoms. The molecule has 2 rings (SSSR count). The Labute approximate surface area is 134 Å². The molecule has 0 atom stereocenters. The second-order valence-electron chi connectivity index (χ2n) is 4.59. The third-order valence-electron chi connectivity index (χ3n) is 2.70. The zero-order chi connectivity index (χ0) is 17.3. The number of halogens is 3. The maximum atomic E-state index is 12.9. The first-order chi connectivity index (χ1) is 10.6. The van der Waals surface area contributed by atoms with Crippen LogP contribution >= 0.6 is 11.3 Å². The molecule has 0 bridgehead atoms. The maximum Gasteiger partial charge on any atom is 0.434 e. The van der Waals surface area contributed by atoms with Gasteiger partial charge in [-0.2, -0.15) is 13.2 Å². The number of alkyl halides is 3. The summed E-state index contributed by atoms with van der Waals surface area (Å²) in [5.74, 6) is -1.09. The number of rotatable bonds is 5. The SMILES string of the molecule is COc1cc(CS(=O)(=O)Cc2sc(C)nc2C(F)(F)F)ncn1. The van der Waals surface area contributed by atoms with Gasteiger partial charge in [0.15, 0.2) is 15.5 Å². The Morgan fingerprint density at radius 3 is 2.57 bits per heavy atom. The molecule has 0 aromatic carbocycles. The highest BCUT2D eigenvalue weighted by molar-refractivity contribution is 7.90. The van der Waals surface area contributed by atoms with E-state index in [9.17, 15) is 21.6 Å². The van der Waals surface area contributed by atoms with Crippen LogP contribution < -0.4 is 4.74 Å². The Kier molecular flexibility index (Phi) is 4.90. The Bertz CT molecular complexity index is 803. The van der Waals surface area contributed by atoms with Crippen LogP contribution in [0.1, 0.15) is 21.3 Å². The maximum absolute atomic E-state index is 12.9. The van der Waals surface area contributed by atoms with Gasteiger partial charge in [0, 0.05) is 6.07 Å². The van der Waals surface area contributed by atoms with Gasteiger partial charge in [0.25, 0.3) is 0 Å². The minimum atomic E-state index is -4.69. The molecule has 0 aliphatic rings. The van der Waals surface area contributed by atoms with E-state index >= 15 is 0 Å². The molecule has 0 unspecified atom stereocenters. The lowest BCUT2D eigenvalue weighted by molar-refractivity contribution is -0.141. The predicted molar refractivity (Wildman–Crippen MR) is 76.8 cm³/mol. The Balaban J connectivity index is 2.25. The summed E-state index contributed by atoms with van der Waals surface area (Å²) in [5.41, 5.74) is -1.00. The summed E-state index contributed by atoms with van der Waals surface area (Å²) >= 11 is 0.719. The number of hydrogen-bond acceptors (Lipinski definition) is 7. The van der Waals surface area contributed by atoms with Crippen molar-refractivity contribution in [2.75, 3.05) is 7.11 Å². The minimum Gasteiger partial charge on any atom is -0.481 e. The molecule has 0 radical (unpaired) electrons. The Morgan fingerprint density at radius 1 is 1.26 bits per heavy atom. The summed E-state index contributed by atoms with van der Waals surface area (Å²) in [4.78, 5) is 10.6. The fraction of sp³-hybridized carbons (Fsp3) is 0.417. The molecule has 2 aromatic heterocycles. The molecule has 6 nitrogen and oxygen atoms in total. The summed E-state index contributed by atoms with van der Waals surface area (Å²) in [6.45, 7) is 1.39. The highest BCUT2D eigenvalue weighted by Crippen LogP contribution is 2.35. The third kappa shape index (κ3) is 4.61. The van der Waals surface area contributed by atoms with Crippen LogP contribution in [0.4, 0.5) is 13.2 Å². The number of ether oxygens (including phenoxy) is 1. The van der Waals surface area contributed by atoms with Crippen molar-refractivity contribution in [3.63, 3.8) is 0 Å². The van der Waals surface area contributed by atoms with Gasteiger partial charge >= 0.3 is 6.18 Å². The molecule has 0 fully saturated rings. The number of aromatic nitrogens is 3. The van der Waals surface area contributed by atoms with Gasteiger partial charge in [-0.05, 0) is 6.92 Å². The summed E-state index contributed by atoms with van der Waals surface area (Å²) < 4.78 is 67.8. The van der Waals surface area contributed by atoms with Gasteiger partial charge in [-0.25, -0.2) is 23.4 Å². The van der Waals surface area contributed by atoms with E-state index in [1.807, 2.05) is 0 Å². The largest absolute Gasteiger partial charge is 0.481 e. The molecule has 23 heavy (non-hydrogen) atoms. The van der Waals surface area contributed by atoms with E-state index in [-0.39, 0.29) is 21.5 Å². The van der Waals surface area contributed by atoms with E-state index in [1.54, 1.807) is 0 Å². The van der Waals surface area contributed by atoms with Gasteiger partial charge in [-0.15, -0.1) is 11.3 Å². The molecule has 2 aromatic rings. The van der Waals surface area contributed by atoms with Crippen molar-refractivity contribution in [3.8, 4) is 5.88 Å². The first kappa shape index (κ1) is 17.6. The van der Waals surface area contributed by atoms with E-state index in [0.717, 1.165) is 17.7 Å². The summed E-state index contributed by atoms with van der Waals surface area (Å²) in [5, 5.41) is 0.159. The molecule has 0 aliphatic carbocycles. The van der Waals surface area contributed by atoms with E-state index in [2.05, 4.69) is 15.0 Å². The molecular formula is C12H12F3N3O3S2. The van der Waals surface area contributed by atoms with Crippen molar-refractivity contribution in [3.05, 3.63) is 33.7 Å². The Morgan fingerprint density at radius 2 is 1.96 bits per heavy atom. The van der Waals surface area contributed by atoms with Crippen LogP contribution in [0.15, 0.2) is 12.4 Å². The molecule has 11 heteroatoms. The van der Waals surface area contributed by atoms with Crippen LogP contribution in [0.25, 0.3) is 0 Å². The van der Waals surface area contributed by atoms with Gasteiger partial charge in [-0.3, -0.25) is 0 Å². The number of thiazole rings is 1. The Hall–Kier alpha value is -1.75. The smallest absolute Gasteiger partial charge is 0.434 e. The van der Waals surface area contributed by atoms with Crippen LogP contribution in [0, 0.1) is 6.92 Å². The van der Waals surface area contributed by atoms with Gasteiger partial charge in [0.1, 0.15) is 6.33 Å². The van der Waals surface area contributed by atoms with Gasteiger partial charge in [0.05, 0.1) is 34.2 Å². The van der Waals surface area contributed by atoms with E-state index < -0.39 is 33.2 Å². The van der Waals surface area contributed by atoms with Gasteiger partial charge < -0.3 is 4.74 Å². The second kappa shape index (κ2) is 6.40. The zero-order valence-corrected chi connectivity index (χ0v) is 13.7. The number of sulfone groups is 1. The number of hydrogen-bond donors (Lipinski definition) is 0. The number of aryl methyl sites for hydroxylation is 1. The van der Waals surface area contributed by atoms with Crippen molar-refractivity contribution in [2.45, 2.75) is 24.6 Å². The zero-order valence-electron chi connectivity index (χ0n) is 12.1. The normalized spacial score (nSPS) is 12.4. The van der Waals surface area contributed by atoms with Crippen LogP contribution in [0.5, 0.6) is 5.88 Å². The standard InChI is InChI=1S/C12H12F3N3O3S2/c1-7-18-11(12(13,14)15)9(22-7)5-23(19,20)4-8-3-10(21-2)17-6-16-8/h3,6H,4-5H2,1-2H3. The van der Waals surface area contributed by atoms with Crippen LogP contribution in [0.3, 0.4) is 0 Å². The van der Waals surface area contributed by atoms with Crippen molar-refractivity contribution < 1.29 is 26.3 Å². The summed E-state index contributed by atoms with van der Waals surface area (Å²) in [6, 6.07) is 1.32.